The summed E-state index contributed by atoms with van der Waals surface area (Å²) in [5.74, 6) is 0. The number of hydrogen-bond donors (Lipinski definition) is 0. The standard InChI is InChI=1S/C13H14N2O/c1-2-10-15-13(16)9-8-12(14-15)11-6-4-3-5-7-11/h3-9H,2,10H2,1H3. The first-order chi connectivity index (χ1) is 7.81. The van der Waals surface area contributed by atoms with Gasteiger partial charge in [0, 0.05) is 18.2 Å². The molecule has 0 aliphatic heterocycles. The van der Waals surface area contributed by atoms with Crippen molar-refractivity contribution in [3.8, 4) is 11.3 Å². The number of aryl methyl sites for hydroxylation is 1. The third-order valence-corrected chi connectivity index (χ3v) is 2.37. The van der Waals surface area contributed by atoms with Crippen molar-refractivity contribution in [2.45, 2.75) is 19.9 Å². The van der Waals surface area contributed by atoms with Gasteiger partial charge in [-0.15, -0.1) is 0 Å². The van der Waals surface area contributed by atoms with E-state index in [1.165, 1.54) is 4.68 Å². The molecule has 16 heavy (non-hydrogen) atoms. The average Bonchev–Trinajstić information content (AvgIpc) is 2.33. The van der Waals surface area contributed by atoms with E-state index in [4.69, 9.17) is 0 Å². The number of benzene rings is 1. The topological polar surface area (TPSA) is 34.9 Å². The maximum absolute atomic E-state index is 11.5. The summed E-state index contributed by atoms with van der Waals surface area (Å²) in [7, 11) is 0. The lowest BCUT2D eigenvalue weighted by Crippen LogP contribution is -2.21. The zero-order valence-electron chi connectivity index (χ0n) is 9.26. The summed E-state index contributed by atoms with van der Waals surface area (Å²) < 4.78 is 1.52. The quantitative estimate of drug-likeness (QED) is 0.786. The number of rotatable bonds is 3. The fourth-order valence-corrected chi connectivity index (χ4v) is 1.58. The maximum atomic E-state index is 11.5. The minimum absolute atomic E-state index is 0.0402. The van der Waals surface area contributed by atoms with E-state index in [1.54, 1.807) is 12.1 Å². The van der Waals surface area contributed by atoms with Crippen molar-refractivity contribution >= 4 is 0 Å². The van der Waals surface area contributed by atoms with E-state index in [0.29, 0.717) is 6.54 Å². The third kappa shape index (κ3) is 2.19. The molecule has 1 aromatic carbocycles. The second-order valence-electron chi connectivity index (χ2n) is 3.65. The van der Waals surface area contributed by atoms with Crippen molar-refractivity contribution in [1.29, 1.82) is 0 Å². The van der Waals surface area contributed by atoms with E-state index in [9.17, 15) is 4.79 Å². The van der Waals surface area contributed by atoms with Gasteiger partial charge in [0.25, 0.3) is 5.56 Å². The number of nitrogens with zero attached hydrogens (tertiary/aromatic N) is 2. The first-order valence-corrected chi connectivity index (χ1v) is 5.45. The van der Waals surface area contributed by atoms with E-state index in [2.05, 4.69) is 5.10 Å². The van der Waals surface area contributed by atoms with Crippen molar-refractivity contribution in [1.82, 2.24) is 9.78 Å². The zero-order valence-corrected chi connectivity index (χ0v) is 9.26. The highest BCUT2D eigenvalue weighted by atomic mass is 16.1. The predicted octanol–water partition coefficient (Wildman–Crippen LogP) is 2.32. The maximum Gasteiger partial charge on any atom is 0.266 e. The lowest BCUT2D eigenvalue weighted by Gasteiger charge is -2.05. The third-order valence-electron chi connectivity index (χ3n) is 2.37. The summed E-state index contributed by atoms with van der Waals surface area (Å²) in [5, 5.41) is 4.34. The first-order valence-electron chi connectivity index (χ1n) is 5.45. The highest BCUT2D eigenvalue weighted by molar-refractivity contribution is 5.57. The molecule has 0 saturated carbocycles. The van der Waals surface area contributed by atoms with E-state index in [0.717, 1.165) is 17.7 Å². The van der Waals surface area contributed by atoms with Crippen molar-refractivity contribution in [3.05, 3.63) is 52.8 Å². The SMILES string of the molecule is CCCn1nc(-c2ccccc2)ccc1=O. The van der Waals surface area contributed by atoms with Crippen LogP contribution in [0.1, 0.15) is 13.3 Å². The Hall–Kier alpha value is -1.90. The first kappa shape index (κ1) is 10.6. The van der Waals surface area contributed by atoms with Gasteiger partial charge >= 0.3 is 0 Å². The van der Waals surface area contributed by atoms with Crippen LogP contribution in [0.4, 0.5) is 0 Å². The summed E-state index contributed by atoms with van der Waals surface area (Å²) in [6, 6.07) is 13.2. The Morgan fingerprint density at radius 3 is 2.56 bits per heavy atom. The van der Waals surface area contributed by atoms with Gasteiger partial charge in [-0.1, -0.05) is 37.3 Å². The second-order valence-corrected chi connectivity index (χ2v) is 3.65. The van der Waals surface area contributed by atoms with Crippen LogP contribution < -0.4 is 5.56 Å². The molecule has 0 unspecified atom stereocenters. The molecule has 1 heterocycles. The summed E-state index contributed by atoms with van der Waals surface area (Å²) in [4.78, 5) is 11.5. The Bertz CT molecular complexity index is 517. The van der Waals surface area contributed by atoms with Crippen LogP contribution >= 0.6 is 0 Å². The molecule has 0 spiro atoms. The van der Waals surface area contributed by atoms with E-state index in [1.807, 2.05) is 37.3 Å². The van der Waals surface area contributed by atoms with Crippen LogP contribution in [0.15, 0.2) is 47.3 Å². The lowest BCUT2D eigenvalue weighted by atomic mass is 10.1. The van der Waals surface area contributed by atoms with Gasteiger partial charge in [0.05, 0.1) is 5.69 Å². The molecule has 0 aliphatic rings. The smallest absolute Gasteiger partial charge is 0.266 e. The molecule has 2 aromatic rings. The Labute approximate surface area is 94.4 Å². The summed E-state index contributed by atoms with van der Waals surface area (Å²) in [5.41, 5.74) is 1.84. The van der Waals surface area contributed by atoms with Gasteiger partial charge in [-0.05, 0) is 12.5 Å². The van der Waals surface area contributed by atoms with Gasteiger partial charge in [-0.3, -0.25) is 4.79 Å². The number of hydrogen-bond acceptors (Lipinski definition) is 2. The zero-order chi connectivity index (χ0) is 11.4. The van der Waals surface area contributed by atoms with Crippen LogP contribution in [0, 0.1) is 0 Å². The molecule has 2 rings (SSSR count). The van der Waals surface area contributed by atoms with Crippen molar-refractivity contribution in [3.63, 3.8) is 0 Å². The molecule has 1 aromatic heterocycles. The van der Waals surface area contributed by atoms with Gasteiger partial charge in [0.1, 0.15) is 0 Å². The summed E-state index contributed by atoms with van der Waals surface area (Å²) in [6.07, 6.45) is 0.908. The molecule has 3 nitrogen and oxygen atoms in total. The molecular formula is C13H14N2O. The Morgan fingerprint density at radius 1 is 1.12 bits per heavy atom. The number of aromatic nitrogens is 2. The molecule has 82 valence electrons. The van der Waals surface area contributed by atoms with Gasteiger partial charge in [0.2, 0.25) is 0 Å². The molecule has 0 atom stereocenters. The normalized spacial score (nSPS) is 10.3. The van der Waals surface area contributed by atoms with Gasteiger partial charge in [-0.25, -0.2) is 4.68 Å². The minimum atomic E-state index is -0.0402. The van der Waals surface area contributed by atoms with Crippen molar-refractivity contribution in [2.75, 3.05) is 0 Å². The van der Waals surface area contributed by atoms with Crippen LogP contribution in [-0.4, -0.2) is 9.78 Å². The highest BCUT2D eigenvalue weighted by Gasteiger charge is 2.01. The van der Waals surface area contributed by atoms with Crippen LogP contribution in [0.2, 0.25) is 0 Å². The fourth-order valence-electron chi connectivity index (χ4n) is 1.58. The molecular weight excluding hydrogens is 200 g/mol. The lowest BCUT2D eigenvalue weighted by molar-refractivity contribution is 0.570. The molecule has 0 amide bonds. The molecule has 0 aliphatic carbocycles. The average molecular weight is 214 g/mol. The minimum Gasteiger partial charge on any atom is -0.268 e. The largest absolute Gasteiger partial charge is 0.268 e. The highest BCUT2D eigenvalue weighted by Crippen LogP contribution is 2.13. The van der Waals surface area contributed by atoms with Crippen LogP contribution in [-0.2, 0) is 6.54 Å². The van der Waals surface area contributed by atoms with Crippen LogP contribution in [0.5, 0.6) is 0 Å². The molecule has 0 fully saturated rings. The van der Waals surface area contributed by atoms with Crippen LogP contribution in [0.3, 0.4) is 0 Å². The summed E-state index contributed by atoms with van der Waals surface area (Å²) >= 11 is 0. The summed E-state index contributed by atoms with van der Waals surface area (Å²) in [6.45, 7) is 2.70. The van der Waals surface area contributed by atoms with Crippen molar-refractivity contribution in [2.24, 2.45) is 0 Å². The van der Waals surface area contributed by atoms with E-state index in [-0.39, 0.29) is 5.56 Å². The molecule has 0 N–H and O–H groups in total. The molecule has 0 radical (unpaired) electrons. The fraction of sp³-hybridized carbons (Fsp3) is 0.231. The molecule has 0 bridgehead atoms. The Morgan fingerprint density at radius 2 is 1.88 bits per heavy atom. The van der Waals surface area contributed by atoms with Gasteiger partial charge in [-0.2, -0.15) is 5.10 Å². The Balaban J connectivity index is 2.44. The van der Waals surface area contributed by atoms with E-state index < -0.39 is 0 Å². The Kier molecular flexibility index (Phi) is 3.15. The predicted molar refractivity (Wildman–Crippen MR) is 64.2 cm³/mol. The monoisotopic (exact) mass is 214 g/mol. The second kappa shape index (κ2) is 4.75. The molecule has 3 heteroatoms. The van der Waals surface area contributed by atoms with E-state index >= 15 is 0 Å². The molecule has 0 saturated heterocycles. The van der Waals surface area contributed by atoms with Crippen molar-refractivity contribution < 1.29 is 0 Å². The van der Waals surface area contributed by atoms with Gasteiger partial charge < -0.3 is 0 Å². The van der Waals surface area contributed by atoms with Gasteiger partial charge in [0.15, 0.2) is 0 Å². The van der Waals surface area contributed by atoms with Crippen LogP contribution in [0.25, 0.3) is 11.3 Å².